The molecular weight excluding hydrogens is 142 g/mol. The quantitative estimate of drug-likeness (QED) is 0.341. The summed E-state index contributed by atoms with van der Waals surface area (Å²) >= 11 is 0. The summed E-state index contributed by atoms with van der Waals surface area (Å²) in [5.41, 5.74) is 2.85. The maximum absolute atomic E-state index is 5.19. The van der Waals surface area contributed by atoms with Crippen LogP contribution in [0.5, 0.6) is 0 Å². The van der Waals surface area contributed by atoms with Crippen molar-refractivity contribution in [2.45, 2.75) is 6.92 Å². The minimum Gasteiger partial charge on any atom is -0.452 e. The zero-order valence-corrected chi connectivity index (χ0v) is 6.50. The predicted octanol–water partition coefficient (Wildman–Crippen LogP) is 1.59. The van der Waals surface area contributed by atoms with Gasteiger partial charge < -0.3 is 9.57 Å². The van der Waals surface area contributed by atoms with Crippen LogP contribution in [0.4, 0.5) is 0 Å². The van der Waals surface area contributed by atoms with Crippen LogP contribution in [0, 0.1) is 0 Å². The van der Waals surface area contributed by atoms with Crippen molar-refractivity contribution in [2.24, 2.45) is 5.16 Å². The predicted molar refractivity (Wildman–Crippen MR) is 41.9 cm³/mol. The topological polar surface area (TPSA) is 30.8 Å². The Balaban J connectivity index is 2.64. The third-order valence-corrected chi connectivity index (χ3v) is 1.09. The van der Waals surface area contributed by atoms with Crippen molar-refractivity contribution in [1.82, 2.24) is 0 Å². The van der Waals surface area contributed by atoms with Crippen molar-refractivity contribution in [3.8, 4) is 0 Å². The van der Waals surface area contributed by atoms with E-state index in [0.717, 1.165) is 5.76 Å². The summed E-state index contributed by atoms with van der Waals surface area (Å²) in [5.74, 6) is 1.38. The summed E-state index contributed by atoms with van der Waals surface area (Å²) in [7, 11) is 1.48. The minimum absolute atomic E-state index is 0.562. The second-order valence-electron chi connectivity index (χ2n) is 1.97. The molecule has 0 aliphatic carbocycles. The Morgan fingerprint density at radius 3 is 3.18 bits per heavy atom. The average molecular weight is 151 g/mol. The van der Waals surface area contributed by atoms with Gasteiger partial charge in [0.1, 0.15) is 19.1 Å². The highest BCUT2D eigenvalue weighted by molar-refractivity contribution is 5.75. The molecule has 1 heterocycles. The molecule has 1 aliphatic rings. The molecule has 1 aliphatic heterocycles. The number of rotatable bonds is 2. The van der Waals surface area contributed by atoms with E-state index in [1.54, 1.807) is 6.08 Å². The SMILES string of the molecule is CO/N=C/C1=C=CC=C(C)O1. The molecule has 0 amide bonds. The van der Waals surface area contributed by atoms with Gasteiger partial charge in [0.2, 0.25) is 0 Å². The molecule has 3 nitrogen and oxygen atoms in total. The molecule has 3 heteroatoms. The fourth-order valence-corrected chi connectivity index (χ4v) is 0.642. The first kappa shape index (κ1) is 7.63. The normalized spacial score (nSPS) is 15.8. The third kappa shape index (κ3) is 2.32. The molecule has 0 bridgehead atoms. The number of hydrogen-bond donors (Lipinski definition) is 0. The monoisotopic (exact) mass is 151 g/mol. The van der Waals surface area contributed by atoms with Gasteiger partial charge in [-0.1, -0.05) is 10.9 Å². The number of allylic oxidation sites excluding steroid dienone is 3. The van der Waals surface area contributed by atoms with Gasteiger partial charge in [-0.2, -0.15) is 0 Å². The highest BCUT2D eigenvalue weighted by Gasteiger charge is 1.97. The van der Waals surface area contributed by atoms with Crippen LogP contribution in [-0.2, 0) is 9.57 Å². The molecular formula is C8H9NO2. The first-order chi connectivity index (χ1) is 5.33. The molecule has 11 heavy (non-hydrogen) atoms. The summed E-state index contributed by atoms with van der Waals surface area (Å²) in [6.07, 6.45) is 5.06. The van der Waals surface area contributed by atoms with Gasteiger partial charge in [-0.05, 0) is 19.1 Å². The van der Waals surface area contributed by atoms with Gasteiger partial charge in [-0.25, -0.2) is 0 Å². The minimum atomic E-state index is 0.562. The number of nitrogens with zero attached hydrogens (tertiary/aromatic N) is 1. The molecule has 0 aromatic heterocycles. The van der Waals surface area contributed by atoms with E-state index in [2.05, 4.69) is 15.7 Å². The zero-order valence-electron chi connectivity index (χ0n) is 6.50. The summed E-state index contributed by atoms with van der Waals surface area (Å²) in [4.78, 5) is 4.48. The van der Waals surface area contributed by atoms with Gasteiger partial charge in [0.05, 0.1) is 0 Å². The standard InChI is InChI=1S/C8H9NO2/c1-7-4-3-5-8(11-7)6-9-10-2/h3-4,6H,1-2H3/b9-6+. The van der Waals surface area contributed by atoms with E-state index < -0.39 is 0 Å². The van der Waals surface area contributed by atoms with Crippen molar-refractivity contribution in [2.75, 3.05) is 7.11 Å². The van der Waals surface area contributed by atoms with E-state index in [4.69, 9.17) is 4.74 Å². The number of hydrogen-bond acceptors (Lipinski definition) is 3. The molecule has 0 spiro atoms. The summed E-state index contributed by atoms with van der Waals surface area (Å²) in [6.45, 7) is 1.86. The maximum Gasteiger partial charge on any atom is 0.190 e. The second kappa shape index (κ2) is 3.64. The Labute approximate surface area is 65.3 Å². The molecule has 0 fully saturated rings. The van der Waals surface area contributed by atoms with Crippen LogP contribution in [-0.4, -0.2) is 13.3 Å². The van der Waals surface area contributed by atoms with Crippen LogP contribution in [0.25, 0.3) is 0 Å². The van der Waals surface area contributed by atoms with Crippen LogP contribution in [0.1, 0.15) is 6.92 Å². The first-order valence-corrected chi connectivity index (χ1v) is 3.21. The Kier molecular flexibility index (Phi) is 2.53. The van der Waals surface area contributed by atoms with Gasteiger partial charge in [0.25, 0.3) is 0 Å². The molecule has 0 saturated carbocycles. The molecule has 1 rings (SSSR count). The van der Waals surface area contributed by atoms with Crippen LogP contribution < -0.4 is 0 Å². The van der Waals surface area contributed by atoms with E-state index in [9.17, 15) is 0 Å². The molecule has 0 saturated heterocycles. The van der Waals surface area contributed by atoms with Gasteiger partial charge in [-0.15, -0.1) is 0 Å². The maximum atomic E-state index is 5.19. The Bertz CT molecular complexity index is 257. The van der Waals surface area contributed by atoms with Crippen LogP contribution in [0.15, 0.2) is 34.6 Å². The molecule has 0 aromatic carbocycles. The van der Waals surface area contributed by atoms with E-state index in [1.165, 1.54) is 13.3 Å². The Morgan fingerprint density at radius 1 is 1.73 bits per heavy atom. The van der Waals surface area contributed by atoms with Crippen LogP contribution in [0.3, 0.4) is 0 Å². The van der Waals surface area contributed by atoms with Crippen LogP contribution >= 0.6 is 0 Å². The first-order valence-electron chi connectivity index (χ1n) is 3.21. The molecule has 0 N–H and O–H groups in total. The lowest BCUT2D eigenvalue weighted by atomic mass is 10.4. The van der Waals surface area contributed by atoms with Gasteiger partial charge in [-0.3, -0.25) is 0 Å². The lowest BCUT2D eigenvalue weighted by Crippen LogP contribution is -1.93. The van der Waals surface area contributed by atoms with Crippen LogP contribution in [0.2, 0.25) is 0 Å². The van der Waals surface area contributed by atoms with Crippen molar-refractivity contribution in [3.05, 3.63) is 29.4 Å². The Hall–Kier alpha value is -1.47. The molecule has 0 aromatic rings. The fraction of sp³-hybridized carbons (Fsp3) is 0.250. The smallest absolute Gasteiger partial charge is 0.190 e. The van der Waals surface area contributed by atoms with Crippen molar-refractivity contribution < 1.29 is 9.57 Å². The highest BCUT2D eigenvalue weighted by Crippen LogP contribution is 2.06. The van der Waals surface area contributed by atoms with Crippen molar-refractivity contribution in [1.29, 1.82) is 0 Å². The number of oxime groups is 1. The Morgan fingerprint density at radius 2 is 2.55 bits per heavy atom. The molecule has 58 valence electrons. The van der Waals surface area contributed by atoms with Gasteiger partial charge in [0, 0.05) is 0 Å². The summed E-state index contributed by atoms with van der Waals surface area (Å²) < 4.78 is 5.19. The summed E-state index contributed by atoms with van der Waals surface area (Å²) in [5, 5.41) is 3.53. The largest absolute Gasteiger partial charge is 0.452 e. The van der Waals surface area contributed by atoms with Crippen molar-refractivity contribution in [3.63, 3.8) is 0 Å². The van der Waals surface area contributed by atoms with Crippen molar-refractivity contribution >= 4 is 6.21 Å². The third-order valence-electron chi connectivity index (χ3n) is 1.09. The zero-order chi connectivity index (χ0) is 8.10. The van der Waals surface area contributed by atoms with Gasteiger partial charge >= 0.3 is 0 Å². The van der Waals surface area contributed by atoms with Gasteiger partial charge in [0.15, 0.2) is 5.76 Å². The lowest BCUT2D eigenvalue weighted by Gasteiger charge is -2.04. The molecule has 0 atom stereocenters. The van der Waals surface area contributed by atoms with E-state index in [1.807, 2.05) is 13.0 Å². The lowest BCUT2D eigenvalue weighted by molar-refractivity contribution is 0.213. The highest BCUT2D eigenvalue weighted by atomic mass is 16.6. The van der Waals surface area contributed by atoms with E-state index in [-0.39, 0.29) is 0 Å². The second-order valence-corrected chi connectivity index (χ2v) is 1.97. The molecule has 0 unspecified atom stereocenters. The number of ether oxygens (including phenoxy) is 1. The summed E-state index contributed by atoms with van der Waals surface area (Å²) in [6, 6.07) is 0. The fourth-order valence-electron chi connectivity index (χ4n) is 0.642. The molecule has 0 radical (unpaired) electrons. The average Bonchev–Trinajstić information content (AvgIpc) is 2.01. The van der Waals surface area contributed by atoms with E-state index in [0.29, 0.717) is 5.76 Å². The van der Waals surface area contributed by atoms with E-state index >= 15 is 0 Å².